The minimum absolute atomic E-state index is 0.279. The highest BCUT2D eigenvalue weighted by Crippen LogP contribution is 2.27. The molecular weight excluding hydrogens is 202 g/mol. The fraction of sp³-hybridized carbons (Fsp3) is 0.538. The van der Waals surface area contributed by atoms with Gasteiger partial charge in [0.1, 0.15) is 11.5 Å². The largest absolute Gasteiger partial charge is 0.497 e. The number of rotatable bonds is 4. The minimum Gasteiger partial charge on any atom is -0.497 e. The number of methoxy groups -OCH3 is 1. The Morgan fingerprint density at radius 3 is 2.44 bits per heavy atom. The fourth-order valence-electron chi connectivity index (χ4n) is 1.25. The summed E-state index contributed by atoms with van der Waals surface area (Å²) in [4.78, 5) is 0. The van der Waals surface area contributed by atoms with Crippen LogP contribution in [0.25, 0.3) is 0 Å². The lowest BCUT2D eigenvalue weighted by molar-refractivity contribution is 0.244. The zero-order valence-corrected chi connectivity index (χ0v) is 10.5. The fourth-order valence-corrected chi connectivity index (χ4v) is 1.25. The highest BCUT2D eigenvalue weighted by atomic mass is 16.5. The standard InChI is InChI=1S/C13H21NO2/c1-13(2,3)7-8-16-12-6-5-10(15-4)9-11(12)14/h5-6,9H,7-8,14H2,1-4H3. The van der Waals surface area contributed by atoms with Crippen LogP contribution in [0.1, 0.15) is 27.2 Å². The highest BCUT2D eigenvalue weighted by Gasteiger charge is 2.10. The van der Waals surface area contributed by atoms with E-state index in [0.29, 0.717) is 12.3 Å². The highest BCUT2D eigenvalue weighted by molar-refractivity contribution is 5.56. The first-order valence-corrected chi connectivity index (χ1v) is 5.49. The summed E-state index contributed by atoms with van der Waals surface area (Å²) in [5.74, 6) is 1.48. The summed E-state index contributed by atoms with van der Waals surface area (Å²) in [5.41, 5.74) is 6.74. The van der Waals surface area contributed by atoms with Crippen molar-refractivity contribution in [2.45, 2.75) is 27.2 Å². The third kappa shape index (κ3) is 4.01. The molecule has 0 saturated carbocycles. The van der Waals surface area contributed by atoms with Gasteiger partial charge in [0.15, 0.2) is 0 Å². The first-order valence-electron chi connectivity index (χ1n) is 5.49. The van der Waals surface area contributed by atoms with Crippen LogP contribution in [-0.2, 0) is 0 Å². The zero-order chi connectivity index (χ0) is 12.2. The quantitative estimate of drug-likeness (QED) is 0.798. The Bertz CT molecular complexity index is 342. The molecule has 1 aromatic carbocycles. The van der Waals surface area contributed by atoms with Crippen LogP contribution >= 0.6 is 0 Å². The summed E-state index contributed by atoms with van der Waals surface area (Å²) in [7, 11) is 1.62. The Morgan fingerprint density at radius 1 is 1.25 bits per heavy atom. The van der Waals surface area contributed by atoms with E-state index in [1.54, 1.807) is 13.2 Å². The van der Waals surface area contributed by atoms with Gasteiger partial charge in [-0.1, -0.05) is 20.8 Å². The Balaban J connectivity index is 2.55. The van der Waals surface area contributed by atoms with Crippen molar-refractivity contribution in [2.75, 3.05) is 19.5 Å². The summed E-state index contributed by atoms with van der Waals surface area (Å²) >= 11 is 0. The molecule has 0 aromatic heterocycles. The number of nitrogens with two attached hydrogens (primary N) is 1. The Hall–Kier alpha value is -1.38. The predicted octanol–water partition coefficient (Wildman–Crippen LogP) is 3.09. The molecule has 1 aromatic rings. The number of hydrogen-bond acceptors (Lipinski definition) is 3. The molecular formula is C13H21NO2. The van der Waals surface area contributed by atoms with Gasteiger partial charge in [-0.3, -0.25) is 0 Å². The van der Waals surface area contributed by atoms with E-state index in [9.17, 15) is 0 Å². The molecule has 0 bridgehead atoms. The number of ether oxygens (including phenoxy) is 2. The van der Waals surface area contributed by atoms with E-state index in [-0.39, 0.29) is 5.41 Å². The van der Waals surface area contributed by atoms with E-state index in [2.05, 4.69) is 20.8 Å². The van der Waals surface area contributed by atoms with Crippen molar-refractivity contribution in [3.05, 3.63) is 18.2 Å². The molecule has 0 unspecified atom stereocenters. The summed E-state index contributed by atoms with van der Waals surface area (Å²) < 4.78 is 10.7. The second kappa shape index (κ2) is 5.10. The van der Waals surface area contributed by atoms with Crippen LogP contribution < -0.4 is 15.2 Å². The van der Waals surface area contributed by atoms with Crippen LogP contribution in [-0.4, -0.2) is 13.7 Å². The molecule has 3 nitrogen and oxygen atoms in total. The van der Waals surface area contributed by atoms with Crippen molar-refractivity contribution in [3.63, 3.8) is 0 Å². The van der Waals surface area contributed by atoms with Crippen LogP contribution in [0.3, 0.4) is 0 Å². The first-order chi connectivity index (χ1) is 7.42. The molecule has 0 aliphatic carbocycles. The molecule has 0 radical (unpaired) electrons. The van der Waals surface area contributed by atoms with Crippen LogP contribution in [0.2, 0.25) is 0 Å². The molecule has 3 heteroatoms. The zero-order valence-electron chi connectivity index (χ0n) is 10.5. The summed E-state index contributed by atoms with van der Waals surface area (Å²) in [5, 5.41) is 0. The molecule has 0 aliphatic rings. The van der Waals surface area contributed by atoms with Gasteiger partial charge in [0.2, 0.25) is 0 Å². The van der Waals surface area contributed by atoms with Crippen molar-refractivity contribution >= 4 is 5.69 Å². The Morgan fingerprint density at radius 2 is 1.94 bits per heavy atom. The molecule has 0 aliphatic heterocycles. The van der Waals surface area contributed by atoms with Crippen LogP contribution in [0, 0.1) is 5.41 Å². The second-order valence-electron chi connectivity index (χ2n) is 5.06. The van der Waals surface area contributed by atoms with Crippen LogP contribution in [0.5, 0.6) is 11.5 Å². The molecule has 1 rings (SSSR count). The normalized spacial score (nSPS) is 11.2. The number of nitrogen functional groups attached to an aromatic ring is 1. The molecule has 0 atom stereocenters. The van der Waals surface area contributed by atoms with Crippen molar-refractivity contribution in [2.24, 2.45) is 5.41 Å². The van der Waals surface area contributed by atoms with Crippen molar-refractivity contribution in [1.29, 1.82) is 0 Å². The maximum atomic E-state index is 5.84. The lowest BCUT2D eigenvalue weighted by Crippen LogP contribution is -2.11. The van der Waals surface area contributed by atoms with Crippen LogP contribution in [0.15, 0.2) is 18.2 Å². The van der Waals surface area contributed by atoms with Crippen LogP contribution in [0.4, 0.5) is 5.69 Å². The molecule has 0 spiro atoms. The summed E-state index contributed by atoms with van der Waals surface area (Å²) in [6, 6.07) is 5.46. The Kier molecular flexibility index (Phi) is 4.05. The maximum absolute atomic E-state index is 5.84. The van der Waals surface area contributed by atoms with E-state index in [1.165, 1.54) is 0 Å². The van der Waals surface area contributed by atoms with Gasteiger partial charge >= 0.3 is 0 Å². The lowest BCUT2D eigenvalue weighted by Gasteiger charge is -2.18. The monoisotopic (exact) mass is 223 g/mol. The predicted molar refractivity (Wildman–Crippen MR) is 67.0 cm³/mol. The number of benzene rings is 1. The Labute approximate surface area is 97.6 Å². The molecule has 2 N–H and O–H groups in total. The average Bonchev–Trinajstić information content (AvgIpc) is 2.18. The lowest BCUT2D eigenvalue weighted by atomic mass is 9.93. The minimum atomic E-state index is 0.279. The SMILES string of the molecule is COc1ccc(OCCC(C)(C)C)c(N)c1. The summed E-state index contributed by atoms with van der Waals surface area (Å²) in [6.07, 6.45) is 0.998. The van der Waals surface area contributed by atoms with Gasteiger partial charge < -0.3 is 15.2 Å². The van der Waals surface area contributed by atoms with E-state index in [4.69, 9.17) is 15.2 Å². The molecule has 0 saturated heterocycles. The summed E-state index contributed by atoms with van der Waals surface area (Å²) in [6.45, 7) is 7.25. The van der Waals surface area contributed by atoms with Gasteiger partial charge in [0, 0.05) is 6.07 Å². The molecule has 0 amide bonds. The van der Waals surface area contributed by atoms with Crippen molar-refractivity contribution < 1.29 is 9.47 Å². The topological polar surface area (TPSA) is 44.5 Å². The van der Waals surface area contributed by atoms with E-state index < -0.39 is 0 Å². The van der Waals surface area contributed by atoms with Gasteiger partial charge in [0.05, 0.1) is 19.4 Å². The van der Waals surface area contributed by atoms with Crippen molar-refractivity contribution in [1.82, 2.24) is 0 Å². The van der Waals surface area contributed by atoms with Crippen molar-refractivity contribution in [3.8, 4) is 11.5 Å². The number of hydrogen-bond donors (Lipinski definition) is 1. The molecule has 0 heterocycles. The molecule has 90 valence electrons. The second-order valence-corrected chi connectivity index (χ2v) is 5.06. The van der Waals surface area contributed by atoms with E-state index in [1.807, 2.05) is 12.1 Å². The van der Waals surface area contributed by atoms with Gasteiger partial charge in [-0.15, -0.1) is 0 Å². The molecule has 16 heavy (non-hydrogen) atoms. The maximum Gasteiger partial charge on any atom is 0.142 e. The van der Waals surface area contributed by atoms with Gasteiger partial charge in [-0.25, -0.2) is 0 Å². The average molecular weight is 223 g/mol. The van der Waals surface area contributed by atoms with Gasteiger partial charge in [-0.2, -0.15) is 0 Å². The first kappa shape index (κ1) is 12.7. The number of anilines is 1. The van der Waals surface area contributed by atoms with E-state index >= 15 is 0 Å². The third-order valence-electron chi connectivity index (χ3n) is 2.33. The van der Waals surface area contributed by atoms with Gasteiger partial charge in [0.25, 0.3) is 0 Å². The van der Waals surface area contributed by atoms with Gasteiger partial charge in [-0.05, 0) is 24.0 Å². The molecule has 0 fully saturated rings. The third-order valence-corrected chi connectivity index (χ3v) is 2.33. The van der Waals surface area contributed by atoms with E-state index in [0.717, 1.165) is 17.9 Å². The smallest absolute Gasteiger partial charge is 0.142 e.